The quantitative estimate of drug-likeness (QED) is 0.247. The molecule has 4 nitrogen and oxygen atoms in total. The molecule has 0 rings (SSSR count). The van der Waals surface area contributed by atoms with Crippen LogP contribution in [0.1, 0.15) is 19.8 Å². The smallest absolute Gasteiger partial charge is 0.388 e. The summed E-state index contributed by atoms with van der Waals surface area (Å²) in [6.07, 6.45) is -4.47. The highest BCUT2D eigenvalue weighted by Gasteiger charge is 2.40. The van der Waals surface area contributed by atoms with Crippen LogP contribution in [0.3, 0.4) is 0 Å². The van der Waals surface area contributed by atoms with Crippen molar-refractivity contribution in [1.29, 1.82) is 0 Å². The molecule has 9 heteroatoms. The van der Waals surface area contributed by atoms with E-state index in [1.165, 1.54) is 7.11 Å². The molecule has 0 saturated heterocycles. The molecule has 0 spiro atoms. The molecule has 0 aliphatic carbocycles. The SMILES string of the molecule is C=C(C)C(=O)OCCC[Si](C)(OC)O[Si](C)(C)CCC(F)(F)F. The van der Waals surface area contributed by atoms with Crippen molar-refractivity contribution >= 4 is 22.8 Å². The number of halogens is 3. The number of esters is 1. The van der Waals surface area contributed by atoms with Gasteiger partial charge in [-0.2, -0.15) is 13.2 Å². The Hall–Kier alpha value is -0.646. The van der Waals surface area contributed by atoms with Crippen molar-refractivity contribution in [2.45, 2.75) is 57.7 Å². The maximum atomic E-state index is 12.4. The van der Waals surface area contributed by atoms with Crippen LogP contribution in [0.5, 0.6) is 0 Å². The molecular weight excluding hydrogens is 345 g/mol. The van der Waals surface area contributed by atoms with Crippen LogP contribution in [0, 0.1) is 0 Å². The second kappa shape index (κ2) is 9.00. The first kappa shape index (κ1) is 22.4. The molecular formula is C14H27F3O4Si2. The summed E-state index contributed by atoms with van der Waals surface area (Å²) in [5.41, 5.74) is 0.327. The van der Waals surface area contributed by atoms with Crippen molar-refractivity contribution in [2.24, 2.45) is 0 Å². The van der Waals surface area contributed by atoms with Crippen LogP contribution in [-0.2, 0) is 18.1 Å². The molecule has 0 amide bonds. The van der Waals surface area contributed by atoms with Gasteiger partial charge in [0.25, 0.3) is 0 Å². The Labute approximate surface area is 138 Å². The molecule has 0 aliphatic rings. The fraction of sp³-hybridized carbons (Fsp3) is 0.786. The predicted molar refractivity (Wildman–Crippen MR) is 87.9 cm³/mol. The molecule has 0 aliphatic heterocycles. The van der Waals surface area contributed by atoms with Gasteiger partial charge < -0.3 is 13.3 Å². The summed E-state index contributed by atoms with van der Waals surface area (Å²) in [4.78, 5) is 11.3. The van der Waals surface area contributed by atoms with Crippen molar-refractivity contribution in [3.8, 4) is 0 Å². The summed E-state index contributed by atoms with van der Waals surface area (Å²) >= 11 is 0. The third-order valence-electron chi connectivity index (χ3n) is 3.29. The Kier molecular flexibility index (Phi) is 8.75. The molecule has 0 fully saturated rings. The minimum absolute atomic E-state index is 0.00704. The number of ether oxygens (including phenoxy) is 1. The van der Waals surface area contributed by atoms with Gasteiger partial charge in [0.1, 0.15) is 0 Å². The van der Waals surface area contributed by atoms with Gasteiger partial charge >= 0.3 is 20.7 Å². The van der Waals surface area contributed by atoms with E-state index in [1.54, 1.807) is 20.0 Å². The Balaban J connectivity index is 4.42. The molecule has 0 aromatic heterocycles. The molecule has 0 aromatic rings. The normalized spacial score (nSPS) is 15.1. The average Bonchev–Trinajstić information content (AvgIpc) is 2.40. The molecule has 0 aromatic carbocycles. The third kappa shape index (κ3) is 10.7. The average molecular weight is 373 g/mol. The van der Waals surface area contributed by atoms with Crippen LogP contribution in [-0.4, -0.2) is 42.7 Å². The van der Waals surface area contributed by atoms with Gasteiger partial charge in [0.05, 0.1) is 6.61 Å². The molecule has 0 saturated carbocycles. The van der Waals surface area contributed by atoms with Crippen molar-refractivity contribution in [1.82, 2.24) is 0 Å². The summed E-state index contributed by atoms with van der Waals surface area (Å²) in [6.45, 7) is 10.6. The van der Waals surface area contributed by atoms with Crippen molar-refractivity contribution in [3.63, 3.8) is 0 Å². The van der Waals surface area contributed by atoms with Crippen LogP contribution in [0.2, 0.25) is 31.7 Å². The molecule has 136 valence electrons. The molecule has 1 unspecified atom stereocenters. The van der Waals surface area contributed by atoms with Crippen LogP contribution >= 0.6 is 0 Å². The van der Waals surface area contributed by atoms with Crippen LogP contribution < -0.4 is 0 Å². The predicted octanol–water partition coefficient (Wildman–Crippen LogP) is 4.39. The Morgan fingerprint density at radius 2 is 1.74 bits per heavy atom. The van der Waals surface area contributed by atoms with Crippen molar-refractivity contribution in [3.05, 3.63) is 12.2 Å². The third-order valence-corrected chi connectivity index (χ3v) is 10.8. The van der Waals surface area contributed by atoms with E-state index >= 15 is 0 Å². The number of hydrogen-bond donors (Lipinski definition) is 0. The number of carbonyl (C=O) groups excluding carboxylic acids is 1. The Bertz CT molecular complexity index is 413. The van der Waals surface area contributed by atoms with Crippen molar-refractivity contribution < 1.29 is 31.2 Å². The van der Waals surface area contributed by atoms with Gasteiger partial charge in [-0.05, 0) is 45.1 Å². The summed E-state index contributed by atoms with van der Waals surface area (Å²) < 4.78 is 53.6. The zero-order valence-corrected chi connectivity index (χ0v) is 16.5. The van der Waals surface area contributed by atoms with E-state index in [4.69, 9.17) is 13.3 Å². The fourth-order valence-electron chi connectivity index (χ4n) is 1.95. The van der Waals surface area contributed by atoms with E-state index in [0.29, 0.717) is 18.0 Å². The van der Waals surface area contributed by atoms with E-state index in [2.05, 4.69) is 6.58 Å². The lowest BCUT2D eigenvalue weighted by atomic mass is 10.4. The van der Waals surface area contributed by atoms with Gasteiger partial charge in [-0.1, -0.05) is 6.58 Å². The molecule has 1 atom stereocenters. The highest BCUT2D eigenvalue weighted by Crippen LogP contribution is 2.29. The highest BCUT2D eigenvalue weighted by atomic mass is 28.4. The maximum absolute atomic E-state index is 12.4. The van der Waals surface area contributed by atoms with Crippen molar-refractivity contribution in [2.75, 3.05) is 13.7 Å². The maximum Gasteiger partial charge on any atom is 0.388 e. The standard InChI is InChI=1S/C14H27F3O4Si2/c1-12(2)13(18)20-9-7-10-23(6,19-3)21-22(4,5)11-8-14(15,16)17/h1,7-11H2,2-6H3. The zero-order chi connectivity index (χ0) is 18.3. The van der Waals surface area contributed by atoms with E-state index < -0.39 is 35.4 Å². The van der Waals surface area contributed by atoms with Gasteiger partial charge in [0.2, 0.25) is 0 Å². The number of carbonyl (C=O) groups is 1. The Morgan fingerprint density at radius 1 is 1.17 bits per heavy atom. The van der Waals surface area contributed by atoms with E-state index in [9.17, 15) is 18.0 Å². The molecule has 0 N–H and O–H groups in total. The largest absolute Gasteiger partial charge is 0.462 e. The van der Waals surface area contributed by atoms with Crippen LogP contribution in [0.4, 0.5) is 13.2 Å². The number of rotatable bonds is 10. The number of alkyl halides is 3. The second-order valence-corrected chi connectivity index (χ2v) is 14.3. The minimum Gasteiger partial charge on any atom is -0.462 e. The summed E-state index contributed by atoms with van der Waals surface area (Å²) in [6, 6.07) is 0.558. The topological polar surface area (TPSA) is 44.8 Å². The first-order chi connectivity index (χ1) is 10.3. The Morgan fingerprint density at radius 3 is 2.17 bits per heavy atom. The minimum atomic E-state index is -4.17. The molecule has 0 radical (unpaired) electrons. The molecule has 0 bridgehead atoms. The van der Waals surface area contributed by atoms with E-state index in [-0.39, 0.29) is 12.7 Å². The molecule has 23 heavy (non-hydrogen) atoms. The van der Waals surface area contributed by atoms with Crippen LogP contribution in [0.25, 0.3) is 0 Å². The van der Waals surface area contributed by atoms with Gasteiger partial charge in [0.15, 0.2) is 8.32 Å². The lowest BCUT2D eigenvalue weighted by Crippen LogP contribution is -2.48. The first-order valence-corrected chi connectivity index (χ1v) is 13.1. The fourth-order valence-corrected chi connectivity index (χ4v) is 9.66. The highest BCUT2D eigenvalue weighted by molar-refractivity contribution is 6.82. The van der Waals surface area contributed by atoms with Crippen LogP contribution in [0.15, 0.2) is 12.2 Å². The van der Waals surface area contributed by atoms with Gasteiger partial charge in [0, 0.05) is 19.1 Å². The van der Waals surface area contributed by atoms with E-state index in [0.717, 1.165) is 0 Å². The monoisotopic (exact) mass is 372 g/mol. The summed E-state index contributed by atoms with van der Waals surface area (Å²) in [5, 5.41) is 0. The van der Waals surface area contributed by atoms with Gasteiger partial charge in [-0.15, -0.1) is 0 Å². The second-order valence-electron chi connectivity index (χ2n) is 6.33. The first-order valence-electron chi connectivity index (χ1n) is 7.45. The summed E-state index contributed by atoms with van der Waals surface area (Å²) in [7, 11) is -3.53. The summed E-state index contributed by atoms with van der Waals surface area (Å²) in [5.74, 6) is -0.452. The zero-order valence-electron chi connectivity index (χ0n) is 14.5. The molecule has 0 heterocycles. The lowest BCUT2D eigenvalue weighted by Gasteiger charge is -2.35. The lowest BCUT2D eigenvalue weighted by molar-refractivity contribution is -0.139. The van der Waals surface area contributed by atoms with Gasteiger partial charge in [-0.3, -0.25) is 0 Å². The van der Waals surface area contributed by atoms with E-state index in [1.807, 2.05) is 6.55 Å². The number of hydrogen-bond acceptors (Lipinski definition) is 4. The van der Waals surface area contributed by atoms with Gasteiger partial charge in [-0.25, -0.2) is 4.79 Å².